The Morgan fingerprint density at radius 3 is 3.19 bits per heavy atom. The summed E-state index contributed by atoms with van der Waals surface area (Å²) in [6, 6.07) is 2.30. The SMILES string of the molecule is C=CNCCc1cc2c(c(C)n1)CCC2C. The Hall–Kier alpha value is -1.31. The second kappa shape index (κ2) is 4.69. The summed E-state index contributed by atoms with van der Waals surface area (Å²) in [5, 5.41) is 3.12. The number of nitrogens with zero attached hydrogens (tertiary/aromatic N) is 1. The van der Waals surface area contributed by atoms with Crippen molar-refractivity contribution in [3.05, 3.63) is 41.4 Å². The second-order valence-corrected chi connectivity index (χ2v) is 4.61. The molecule has 0 amide bonds. The van der Waals surface area contributed by atoms with Crippen molar-refractivity contribution in [1.82, 2.24) is 10.3 Å². The van der Waals surface area contributed by atoms with Crippen LogP contribution < -0.4 is 5.32 Å². The molecule has 0 bridgehead atoms. The molecule has 1 unspecified atom stereocenters. The van der Waals surface area contributed by atoms with Crippen LogP contribution in [0.25, 0.3) is 0 Å². The first-order chi connectivity index (χ1) is 7.72. The van der Waals surface area contributed by atoms with Gasteiger partial charge >= 0.3 is 0 Å². The molecule has 0 saturated carbocycles. The molecule has 86 valence electrons. The zero-order valence-electron chi connectivity index (χ0n) is 10.2. The van der Waals surface area contributed by atoms with Crippen molar-refractivity contribution < 1.29 is 0 Å². The van der Waals surface area contributed by atoms with E-state index in [4.69, 9.17) is 0 Å². The Bertz CT molecular complexity index is 396. The van der Waals surface area contributed by atoms with Crippen LogP contribution in [0, 0.1) is 6.92 Å². The van der Waals surface area contributed by atoms with E-state index >= 15 is 0 Å². The zero-order chi connectivity index (χ0) is 11.5. The molecule has 0 radical (unpaired) electrons. The minimum atomic E-state index is 0.711. The van der Waals surface area contributed by atoms with Crippen LogP contribution in [0.5, 0.6) is 0 Å². The van der Waals surface area contributed by atoms with E-state index in [-0.39, 0.29) is 0 Å². The molecular weight excluding hydrogens is 196 g/mol. The fraction of sp³-hybridized carbons (Fsp3) is 0.500. The van der Waals surface area contributed by atoms with Crippen LogP contribution in [-0.2, 0) is 12.8 Å². The van der Waals surface area contributed by atoms with Crippen molar-refractivity contribution >= 4 is 0 Å². The maximum atomic E-state index is 4.68. The molecule has 0 aliphatic heterocycles. The van der Waals surface area contributed by atoms with Crippen LogP contribution in [-0.4, -0.2) is 11.5 Å². The molecule has 2 heteroatoms. The zero-order valence-corrected chi connectivity index (χ0v) is 10.2. The van der Waals surface area contributed by atoms with E-state index in [9.17, 15) is 0 Å². The molecule has 0 spiro atoms. The number of aromatic nitrogens is 1. The van der Waals surface area contributed by atoms with Crippen LogP contribution in [0.15, 0.2) is 18.8 Å². The van der Waals surface area contributed by atoms with Crippen molar-refractivity contribution in [2.45, 2.75) is 39.0 Å². The van der Waals surface area contributed by atoms with E-state index < -0.39 is 0 Å². The van der Waals surface area contributed by atoms with Crippen molar-refractivity contribution in [3.63, 3.8) is 0 Å². The third-order valence-corrected chi connectivity index (χ3v) is 3.45. The predicted molar refractivity (Wildman–Crippen MR) is 67.6 cm³/mol. The summed E-state index contributed by atoms with van der Waals surface area (Å²) in [7, 11) is 0. The van der Waals surface area contributed by atoms with Crippen molar-refractivity contribution in [1.29, 1.82) is 0 Å². The van der Waals surface area contributed by atoms with E-state index in [1.165, 1.54) is 35.4 Å². The first-order valence-electron chi connectivity index (χ1n) is 6.06. The van der Waals surface area contributed by atoms with Gasteiger partial charge in [-0.05, 0) is 49.1 Å². The highest BCUT2D eigenvalue weighted by Gasteiger charge is 2.21. The van der Waals surface area contributed by atoms with Gasteiger partial charge in [0.05, 0.1) is 0 Å². The lowest BCUT2D eigenvalue weighted by molar-refractivity contribution is 0.745. The van der Waals surface area contributed by atoms with Gasteiger partial charge in [-0.3, -0.25) is 4.98 Å². The lowest BCUT2D eigenvalue weighted by atomic mass is 10.0. The first-order valence-corrected chi connectivity index (χ1v) is 6.06. The maximum Gasteiger partial charge on any atom is 0.0427 e. The molecule has 0 saturated heterocycles. The lowest BCUT2D eigenvalue weighted by Crippen LogP contribution is -2.11. The largest absolute Gasteiger partial charge is 0.391 e. The van der Waals surface area contributed by atoms with Gasteiger partial charge in [0.1, 0.15) is 0 Å². The summed E-state index contributed by atoms with van der Waals surface area (Å²) in [6.07, 6.45) is 5.21. The van der Waals surface area contributed by atoms with Crippen molar-refractivity contribution in [3.8, 4) is 0 Å². The fourth-order valence-corrected chi connectivity index (χ4v) is 2.50. The molecule has 2 nitrogen and oxygen atoms in total. The van der Waals surface area contributed by atoms with Crippen LogP contribution in [0.4, 0.5) is 0 Å². The number of pyridine rings is 1. The summed E-state index contributed by atoms with van der Waals surface area (Å²) >= 11 is 0. The Labute approximate surface area is 97.8 Å². The third kappa shape index (κ3) is 2.11. The number of rotatable bonds is 4. The van der Waals surface area contributed by atoms with Gasteiger partial charge in [0, 0.05) is 24.4 Å². The molecule has 0 fully saturated rings. The van der Waals surface area contributed by atoms with Gasteiger partial charge in [0.25, 0.3) is 0 Å². The molecule has 1 heterocycles. The lowest BCUT2D eigenvalue weighted by Gasteiger charge is -2.10. The maximum absolute atomic E-state index is 4.68. The standard InChI is InChI=1S/C14H20N2/c1-4-15-8-7-12-9-14-10(2)5-6-13(14)11(3)16-12/h4,9-10,15H,1,5-8H2,2-3H3. The Balaban J connectivity index is 2.19. The summed E-state index contributed by atoms with van der Waals surface area (Å²) < 4.78 is 0. The minimum absolute atomic E-state index is 0.711. The van der Waals surface area contributed by atoms with Crippen LogP contribution in [0.2, 0.25) is 0 Å². The van der Waals surface area contributed by atoms with E-state index in [1.54, 1.807) is 6.20 Å². The van der Waals surface area contributed by atoms with Gasteiger partial charge < -0.3 is 5.32 Å². The predicted octanol–water partition coefficient (Wildman–Crippen LogP) is 2.72. The highest BCUT2D eigenvalue weighted by Crippen LogP contribution is 2.34. The Kier molecular flexibility index (Phi) is 3.28. The summed E-state index contributed by atoms with van der Waals surface area (Å²) in [6.45, 7) is 9.02. The highest BCUT2D eigenvalue weighted by atomic mass is 14.8. The third-order valence-electron chi connectivity index (χ3n) is 3.45. The van der Waals surface area contributed by atoms with E-state index in [0.717, 1.165) is 13.0 Å². The normalized spacial score (nSPS) is 18.2. The number of aryl methyl sites for hydroxylation is 1. The van der Waals surface area contributed by atoms with E-state index in [1.807, 2.05) is 0 Å². The molecular formula is C14H20N2. The molecule has 2 rings (SSSR count). The second-order valence-electron chi connectivity index (χ2n) is 4.61. The van der Waals surface area contributed by atoms with Crippen LogP contribution in [0.3, 0.4) is 0 Å². The topological polar surface area (TPSA) is 24.9 Å². The molecule has 1 aliphatic rings. The first kappa shape index (κ1) is 11.2. The van der Waals surface area contributed by atoms with Gasteiger partial charge in [0.15, 0.2) is 0 Å². The molecule has 1 aliphatic carbocycles. The average molecular weight is 216 g/mol. The summed E-state index contributed by atoms with van der Waals surface area (Å²) in [5.41, 5.74) is 5.46. The van der Waals surface area contributed by atoms with Crippen LogP contribution >= 0.6 is 0 Å². The van der Waals surface area contributed by atoms with Gasteiger partial charge in [-0.1, -0.05) is 13.5 Å². The monoisotopic (exact) mass is 216 g/mol. The van der Waals surface area contributed by atoms with Crippen molar-refractivity contribution in [2.75, 3.05) is 6.54 Å². The van der Waals surface area contributed by atoms with E-state index in [0.29, 0.717) is 5.92 Å². The summed E-state index contributed by atoms with van der Waals surface area (Å²) in [4.78, 5) is 4.68. The number of nitrogens with one attached hydrogen (secondary N) is 1. The van der Waals surface area contributed by atoms with Crippen molar-refractivity contribution in [2.24, 2.45) is 0 Å². The minimum Gasteiger partial charge on any atom is -0.391 e. The Morgan fingerprint density at radius 2 is 2.44 bits per heavy atom. The van der Waals surface area contributed by atoms with Gasteiger partial charge in [-0.15, -0.1) is 0 Å². The molecule has 0 aromatic carbocycles. The molecule has 1 atom stereocenters. The molecule has 1 aromatic heterocycles. The average Bonchev–Trinajstić information content (AvgIpc) is 2.62. The highest BCUT2D eigenvalue weighted by molar-refractivity contribution is 5.38. The number of hydrogen-bond donors (Lipinski definition) is 1. The number of fused-ring (bicyclic) bond motifs is 1. The smallest absolute Gasteiger partial charge is 0.0427 e. The van der Waals surface area contributed by atoms with Gasteiger partial charge in [-0.2, -0.15) is 0 Å². The van der Waals surface area contributed by atoms with Crippen LogP contribution in [0.1, 0.15) is 41.8 Å². The van der Waals surface area contributed by atoms with Gasteiger partial charge in [0.2, 0.25) is 0 Å². The summed E-state index contributed by atoms with van der Waals surface area (Å²) in [5.74, 6) is 0.711. The Morgan fingerprint density at radius 1 is 1.62 bits per heavy atom. The molecule has 1 aromatic rings. The molecule has 16 heavy (non-hydrogen) atoms. The number of hydrogen-bond acceptors (Lipinski definition) is 2. The van der Waals surface area contributed by atoms with Gasteiger partial charge in [-0.25, -0.2) is 0 Å². The quantitative estimate of drug-likeness (QED) is 0.783. The fourth-order valence-electron chi connectivity index (χ4n) is 2.50. The van der Waals surface area contributed by atoms with E-state index in [2.05, 4.69) is 36.8 Å². The molecule has 1 N–H and O–H groups in total.